The van der Waals surface area contributed by atoms with Gasteiger partial charge in [0.2, 0.25) is 4.96 Å². The molecular formula is C18H10Cl2N6S. The van der Waals surface area contributed by atoms with Crippen LogP contribution in [0.5, 0.6) is 0 Å². The monoisotopic (exact) mass is 412 g/mol. The lowest BCUT2D eigenvalue weighted by atomic mass is 10.2. The van der Waals surface area contributed by atoms with Crippen molar-refractivity contribution in [1.82, 2.24) is 29.6 Å². The van der Waals surface area contributed by atoms with E-state index in [1.807, 2.05) is 42.6 Å². The maximum atomic E-state index is 5.94. The Morgan fingerprint density at radius 1 is 0.815 bits per heavy atom. The highest BCUT2D eigenvalue weighted by Gasteiger charge is 2.14. The number of fused-ring (bicyclic) bond motifs is 1. The molecule has 5 rings (SSSR count). The molecule has 5 aromatic rings. The van der Waals surface area contributed by atoms with Gasteiger partial charge in [-0.3, -0.25) is 0 Å². The first-order valence-electron chi connectivity index (χ1n) is 7.96. The molecule has 9 heteroatoms. The lowest BCUT2D eigenvalue weighted by Crippen LogP contribution is -1.98. The predicted octanol–water partition coefficient (Wildman–Crippen LogP) is 5.01. The Balaban J connectivity index is 1.46. The largest absolute Gasteiger partial charge is 0.217 e. The van der Waals surface area contributed by atoms with Crippen molar-refractivity contribution in [3.05, 3.63) is 71.0 Å². The van der Waals surface area contributed by atoms with E-state index < -0.39 is 0 Å². The van der Waals surface area contributed by atoms with Crippen LogP contribution in [0.1, 0.15) is 0 Å². The quantitative estimate of drug-likeness (QED) is 0.417. The zero-order valence-electron chi connectivity index (χ0n) is 13.6. The molecule has 0 saturated carbocycles. The zero-order chi connectivity index (χ0) is 18.4. The van der Waals surface area contributed by atoms with Gasteiger partial charge in [-0.15, -0.1) is 5.10 Å². The topological polar surface area (TPSA) is 60.9 Å². The molecule has 2 aromatic carbocycles. The number of rotatable bonds is 3. The normalized spacial score (nSPS) is 11.3. The first-order chi connectivity index (χ1) is 13.2. The van der Waals surface area contributed by atoms with E-state index in [0.717, 1.165) is 26.9 Å². The van der Waals surface area contributed by atoms with E-state index in [1.54, 1.807) is 27.6 Å². The Labute approximate surface area is 167 Å². The molecule has 3 aromatic heterocycles. The summed E-state index contributed by atoms with van der Waals surface area (Å²) in [4.78, 5) is 6.98. The van der Waals surface area contributed by atoms with Gasteiger partial charge >= 0.3 is 0 Å². The van der Waals surface area contributed by atoms with Crippen molar-refractivity contribution >= 4 is 39.5 Å². The highest BCUT2D eigenvalue weighted by atomic mass is 35.5. The summed E-state index contributed by atoms with van der Waals surface area (Å²) >= 11 is 13.3. The Morgan fingerprint density at radius 3 is 2.22 bits per heavy atom. The van der Waals surface area contributed by atoms with Crippen LogP contribution < -0.4 is 0 Å². The lowest BCUT2D eigenvalue weighted by Gasteiger charge is -1.98. The number of halogens is 2. The number of aromatic nitrogens is 6. The van der Waals surface area contributed by atoms with Gasteiger partial charge in [0, 0.05) is 15.6 Å². The highest BCUT2D eigenvalue weighted by Crippen LogP contribution is 2.27. The number of benzene rings is 2. The fourth-order valence-corrected chi connectivity index (χ4v) is 3.71. The fraction of sp³-hybridized carbons (Fsp3) is 0. The number of hydrogen-bond donors (Lipinski definition) is 0. The maximum absolute atomic E-state index is 5.94. The molecule has 0 fully saturated rings. The minimum Gasteiger partial charge on any atom is -0.217 e. The Hall–Kier alpha value is -2.74. The molecule has 0 atom stereocenters. The van der Waals surface area contributed by atoms with Gasteiger partial charge in [-0.05, 0) is 36.4 Å². The van der Waals surface area contributed by atoms with E-state index >= 15 is 0 Å². The molecule has 0 spiro atoms. The molecule has 0 radical (unpaired) electrons. The number of imidazole rings is 1. The van der Waals surface area contributed by atoms with E-state index in [4.69, 9.17) is 23.2 Å². The van der Waals surface area contributed by atoms with E-state index in [-0.39, 0.29) is 0 Å². The first-order valence-corrected chi connectivity index (χ1v) is 9.54. The molecule has 27 heavy (non-hydrogen) atoms. The van der Waals surface area contributed by atoms with Crippen LogP contribution in [0.4, 0.5) is 0 Å². The summed E-state index contributed by atoms with van der Waals surface area (Å²) < 4.78 is 1.76. The van der Waals surface area contributed by atoms with Crippen molar-refractivity contribution in [3.8, 4) is 27.6 Å². The second kappa shape index (κ2) is 6.45. The van der Waals surface area contributed by atoms with Gasteiger partial charge in [0.25, 0.3) is 0 Å². The minimum atomic E-state index is 0.670. The molecule has 0 unspecified atom stereocenters. The molecule has 0 aliphatic heterocycles. The molecule has 3 heterocycles. The van der Waals surface area contributed by atoms with Crippen LogP contribution in [-0.4, -0.2) is 29.6 Å². The van der Waals surface area contributed by atoms with Crippen molar-refractivity contribution < 1.29 is 0 Å². The summed E-state index contributed by atoms with van der Waals surface area (Å²) in [5.74, 6) is 0. The van der Waals surface area contributed by atoms with Crippen molar-refractivity contribution in [2.45, 2.75) is 0 Å². The lowest BCUT2D eigenvalue weighted by molar-refractivity contribution is 0.753. The van der Waals surface area contributed by atoms with Gasteiger partial charge in [-0.25, -0.2) is 9.50 Å². The number of hydrogen-bond acceptors (Lipinski definition) is 5. The average molecular weight is 413 g/mol. The average Bonchev–Trinajstić information content (AvgIpc) is 3.37. The van der Waals surface area contributed by atoms with Gasteiger partial charge in [0.05, 0.1) is 23.8 Å². The smallest absolute Gasteiger partial charge is 0.213 e. The van der Waals surface area contributed by atoms with Gasteiger partial charge < -0.3 is 0 Å². The van der Waals surface area contributed by atoms with Crippen LogP contribution in [0, 0.1) is 0 Å². The van der Waals surface area contributed by atoms with E-state index in [9.17, 15) is 0 Å². The number of nitrogens with zero attached hydrogens (tertiary/aromatic N) is 6. The van der Waals surface area contributed by atoms with Crippen LogP contribution in [0.2, 0.25) is 10.0 Å². The summed E-state index contributed by atoms with van der Waals surface area (Å²) in [6.07, 6.45) is 3.58. The van der Waals surface area contributed by atoms with E-state index in [0.29, 0.717) is 15.7 Å². The molecule has 0 saturated heterocycles. The van der Waals surface area contributed by atoms with Gasteiger partial charge in [0.15, 0.2) is 5.01 Å². The third-order valence-corrected chi connectivity index (χ3v) is 5.40. The Morgan fingerprint density at radius 2 is 1.52 bits per heavy atom. The molecule has 0 N–H and O–H groups in total. The van der Waals surface area contributed by atoms with Crippen molar-refractivity contribution in [2.75, 3.05) is 0 Å². The molecule has 0 amide bonds. The first kappa shape index (κ1) is 16.4. The van der Waals surface area contributed by atoms with E-state index in [1.165, 1.54) is 11.3 Å². The molecule has 0 aliphatic carbocycles. The standard InChI is InChI=1S/C18H10Cl2N6S/c19-12-3-1-11(2-4-12)16-10-25-18(22-16)27-17(24-25)15-9-21-26(23-15)14-7-5-13(20)6-8-14/h1-10H. The molecule has 6 nitrogen and oxygen atoms in total. The molecule has 0 bridgehead atoms. The summed E-state index contributed by atoms with van der Waals surface area (Å²) in [6.45, 7) is 0. The van der Waals surface area contributed by atoms with E-state index in [2.05, 4.69) is 20.3 Å². The predicted molar refractivity (Wildman–Crippen MR) is 107 cm³/mol. The Bertz CT molecular complexity index is 1210. The summed E-state index contributed by atoms with van der Waals surface area (Å²) in [5, 5.41) is 15.5. The van der Waals surface area contributed by atoms with Crippen LogP contribution >= 0.6 is 34.5 Å². The third-order valence-electron chi connectivity index (χ3n) is 3.95. The van der Waals surface area contributed by atoms with Crippen LogP contribution in [0.3, 0.4) is 0 Å². The summed E-state index contributed by atoms with van der Waals surface area (Å²) in [7, 11) is 0. The molecule has 0 aliphatic rings. The minimum absolute atomic E-state index is 0.670. The fourth-order valence-electron chi connectivity index (χ4n) is 2.62. The second-order valence-electron chi connectivity index (χ2n) is 5.76. The maximum Gasteiger partial charge on any atom is 0.213 e. The van der Waals surface area contributed by atoms with Crippen LogP contribution in [0.15, 0.2) is 60.9 Å². The third kappa shape index (κ3) is 3.10. The van der Waals surface area contributed by atoms with Gasteiger partial charge in [0.1, 0.15) is 5.69 Å². The summed E-state index contributed by atoms with van der Waals surface area (Å²) in [5.41, 5.74) is 3.36. The highest BCUT2D eigenvalue weighted by molar-refractivity contribution is 7.19. The molecular weight excluding hydrogens is 403 g/mol. The van der Waals surface area contributed by atoms with Crippen LogP contribution in [-0.2, 0) is 0 Å². The van der Waals surface area contributed by atoms with Crippen molar-refractivity contribution in [1.29, 1.82) is 0 Å². The van der Waals surface area contributed by atoms with Crippen molar-refractivity contribution in [2.24, 2.45) is 0 Å². The molecule has 132 valence electrons. The second-order valence-corrected chi connectivity index (χ2v) is 7.59. The Kier molecular flexibility index (Phi) is 3.93. The summed E-state index contributed by atoms with van der Waals surface area (Å²) in [6, 6.07) is 14.9. The van der Waals surface area contributed by atoms with Gasteiger partial charge in [-0.2, -0.15) is 15.0 Å². The zero-order valence-corrected chi connectivity index (χ0v) is 15.9. The van der Waals surface area contributed by atoms with Crippen LogP contribution in [0.25, 0.3) is 32.6 Å². The SMILES string of the molecule is Clc1ccc(-c2cn3nc(-c4cnn(-c5ccc(Cl)cc5)n4)sc3n2)cc1. The van der Waals surface area contributed by atoms with Crippen molar-refractivity contribution in [3.63, 3.8) is 0 Å². The van der Waals surface area contributed by atoms with Gasteiger partial charge in [-0.1, -0.05) is 46.7 Å².